The summed E-state index contributed by atoms with van der Waals surface area (Å²) in [5.41, 5.74) is 4.01. The smallest absolute Gasteiger partial charge is 0.388 e. The van der Waals surface area contributed by atoms with Crippen LogP contribution in [0.2, 0.25) is 0 Å². The van der Waals surface area contributed by atoms with Crippen molar-refractivity contribution >= 4 is 37.5 Å². The summed E-state index contributed by atoms with van der Waals surface area (Å²) < 4.78 is 42.9. The molecule has 27 heavy (non-hydrogen) atoms. The van der Waals surface area contributed by atoms with Gasteiger partial charge in [-0.2, -0.15) is 0 Å². The first kappa shape index (κ1) is 23.1. The molecule has 0 N–H and O–H groups in total. The predicted molar refractivity (Wildman–Crippen MR) is 109 cm³/mol. The molecule has 0 aromatic heterocycles. The number of nitrogens with zero attached hydrogens (tertiary/aromatic N) is 3. The maximum atomic E-state index is 10.1. The molecule has 0 saturated carbocycles. The first-order valence-corrected chi connectivity index (χ1v) is 12.2. The van der Waals surface area contributed by atoms with E-state index in [1.807, 2.05) is 19.9 Å². The summed E-state index contributed by atoms with van der Waals surface area (Å²) in [5.74, 6) is 0. The summed E-state index contributed by atoms with van der Waals surface area (Å²) >= 11 is 1.73. The Morgan fingerprint density at radius 1 is 0.889 bits per heavy atom. The average molecular weight is 428 g/mol. The van der Waals surface area contributed by atoms with Crippen LogP contribution in [-0.4, -0.2) is 29.3 Å². The Hall–Kier alpha value is -1.93. The summed E-state index contributed by atoms with van der Waals surface area (Å²) in [6, 6.07) is 12.4. The Labute approximate surface area is 164 Å². The van der Waals surface area contributed by atoms with E-state index in [2.05, 4.69) is 46.4 Å². The van der Waals surface area contributed by atoms with Gasteiger partial charge in [-0.05, 0) is 44.5 Å². The van der Waals surface area contributed by atoms with Crippen LogP contribution >= 0.6 is 11.8 Å². The maximum Gasteiger partial charge on any atom is 0.388 e. The zero-order chi connectivity index (χ0) is 20.8. The van der Waals surface area contributed by atoms with Crippen LogP contribution in [0, 0.1) is 26.2 Å². The van der Waals surface area contributed by atoms with E-state index in [1.54, 1.807) is 11.8 Å². The van der Waals surface area contributed by atoms with Gasteiger partial charge in [0.25, 0.3) is 0 Å². The second kappa shape index (κ2) is 9.32. The van der Waals surface area contributed by atoms with E-state index in [1.165, 1.54) is 15.4 Å². The Morgan fingerprint density at radius 2 is 1.41 bits per heavy atom. The third-order valence-electron chi connectivity index (χ3n) is 3.12. The van der Waals surface area contributed by atoms with Crippen LogP contribution in [-0.2, 0) is 20.0 Å². The first-order chi connectivity index (χ1) is 12.3. The van der Waals surface area contributed by atoms with Crippen molar-refractivity contribution in [2.45, 2.75) is 30.6 Å². The van der Waals surface area contributed by atoms with Crippen LogP contribution in [0.3, 0.4) is 0 Å². The Balaban J connectivity index is 0.000000345. The minimum absolute atomic E-state index is 0.640. The fraction of sp³-hybridized carbons (Fsp3) is 0.294. The monoisotopic (exact) mass is 427 g/mol. The molecule has 0 unspecified atom stereocenters. The number of rotatable bonds is 4. The van der Waals surface area contributed by atoms with Gasteiger partial charge in [0.15, 0.2) is 4.98 Å². The molecule has 0 atom stereocenters. The van der Waals surface area contributed by atoms with Crippen molar-refractivity contribution in [3.05, 3.63) is 62.2 Å². The molecule has 0 aliphatic heterocycles. The molecule has 0 saturated heterocycles. The van der Waals surface area contributed by atoms with Gasteiger partial charge >= 0.3 is 5.69 Å². The van der Waals surface area contributed by atoms with E-state index < -0.39 is 20.0 Å². The zero-order valence-electron chi connectivity index (χ0n) is 15.7. The fourth-order valence-electron chi connectivity index (χ4n) is 1.97. The van der Waals surface area contributed by atoms with E-state index >= 15 is 0 Å². The van der Waals surface area contributed by atoms with Crippen molar-refractivity contribution in [3.63, 3.8) is 0 Å². The van der Waals surface area contributed by atoms with E-state index in [4.69, 9.17) is 5.39 Å². The summed E-state index contributed by atoms with van der Waals surface area (Å²) in [5, 5.41) is 8.87. The SMILES string of the molecule is CS(=O)(=O)[N-]S(C)(=O)=O.Cc1ccc(Sc2cc(C)c([N+]#N)cc2C)cc1. The zero-order valence-corrected chi connectivity index (χ0v) is 18.1. The maximum absolute atomic E-state index is 10.1. The molecule has 0 aliphatic rings. The molecule has 146 valence electrons. The molecule has 0 fully saturated rings. The van der Waals surface area contributed by atoms with Crippen LogP contribution in [0.25, 0.3) is 9.10 Å². The highest BCUT2D eigenvalue weighted by molar-refractivity contribution is 8.11. The summed E-state index contributed by atoms with van der Waals surface area (Å²) in [4.78, 5) is 5.70. The Bertz CT molecular complexity index is 1030. The van der Waals surface area contributed by atoms with Crippen molar-refractivity contribution in [2.75, 3.05) is 12.5 Å². The highest BCUT2D eigenvalue weighted by Crippen LogP contribution is 2.34. The lowest BCUT2D eigenvalue weighted by atomic mass is 10.1. The van der Waals surface area contributed by atoms with Gasteiger partial charge in [0, 0.05) is 33.9 Å². The molecule has 10 heteroatoms. The average Bonchev–Trinajstić information content (AvgIpc) is 2.50. The summed E-state index contributed by atoms with van der Waals surface area (Å²) in [7, 11) is -7.49. The van der Waals surface area contributed by atoms with Gasteiger partial charge < -0.3 is 4.13 Å². The molecule has 7 nitrogen and oxygen atoms in total. The molecule has 2 aromatic carbocycles. The van der Waals surface area contributed by atoms with Crippen molar-refractivity contribution in [3.8, 4) is 0 Å². The van der Waals surface area contributed by atoms with E-state index in [0.29, 0.717) is 18.2 Å². The molecule has 0 bridgehead atoms. The summed E-state index contributed by atoms with van der Waals surface area (Å²) in [6.07, 6.45) is 1.43. The van der Waals surface area contributed by atoms with Crippen LogP contribution in [0.1, 0.15) is 16.7 Å². The largest absolute Gasteiger partial charge is 0.437 e. The van der Waals surface area contributed by atoms with Gasteiger partial charge in [-0.3, -0.25) is 0 Å². The summed E-state index contributed by atoms with van der Waals surface area (Å²) in [6.45, 7) is 6.07. The van der Waals surface area contributed by atoms with Gasteiger partial charge in [-0.25, -0.2) is 16.8 Å². The highest BCUT2D eigenvalue weighted by atomic mass is 32.3. The standard InChI is InChI=1S/C15H15N2S.C2H6NO4S2/c1-10-4-6-13(7-5-10)18-15-9-11(2)14(17-16)8-12(15)3;1-8(4,5)3-9(2,6)7/h4-9H,1-3H3;1-2H3/q+1;-1. The molecule has 0 radical (unpaired) electrons. The second-order valence-corrected chi connectivity index (χ2v) is 10.6. The molecular weight excluding hydrogens is 406 g/mol. The minimum atomic E-state index is -3.74. The number of aryl methyl sites for hydroxylation is 3. The third kappa shape index (κ3) is 9.01. The molecule has 2 rings (SSSR count). The van der Waals surface area contributed by atoms with Crippen LogP contribution in [0.5, 0.6) is 0 Å². The Kier molecular flexibility index (Phi) is 7.98. The highest BCUT2D eigenvalue weighted by Gasteiger charge is 2.13. The number of diazo groups is 1. The molecule has 0 aliphatic carbocycles. The van der Waals surface area contributed by atoms with Crippen molar-refractivity contribution in [1.82, 2.24) is 0 Å². The number of benzene rings is 2. The van der Waals surface area contributed by atoms with Gasteiger partial charge in [-0.1, -0.05) is 29.5 Å². The second-order valence-electron chi connectivity index (χ2n) is 5.96. The molecule has 0 amide bonds. The van der Waals surface area contributed by atoms with Crippen LogP contribution < -0.4 is 0 Å². The van der Waals surface area contributed by atoms with Gasteiger partial charge in [0.2, 0.25) is 5.39 Å². The van der Waals surface area contributed by atoms with Crippen LogP contribution in [0.4, 0.5) is 5.69 Å². The first-order valence-electron chi connectivity index (χ1n) is 7.66. The molecule has 2 aromatic rings. The van der Waals surface area contributed by atoms with E-state index in [0.717, 1.165) is 11.1 Å². The lowest BCUT2D eigenvalue weighted by Crippen LogP contribution is -2.01. The quantitative estimate of drug-likeness (QED) is 0.663. The lowest BCUT2D eigenvalue weighted by molar-refractivity contribution is 0.601. The van der Waals surface area contributed by atoms with Crippen molar-refractivity contribution in [1.29, 1.82) is 5.39 Å². The molecule has 0 heterocycles. The van der Waals surface area contributed by atoms with Crippen molar-refractivity contribution < 1.29 is 16.8 Å². The normalized spacial score (nSPS) is 11.3. The molecular formula is C17H21N3O4S3. The number of hydrogen-bond donors (Lipinski definition) is 0. The van der Waals surface area contributed by atoms with Crippen LogP contribution in [0.15, 0.2) is 46.2 Å². The number of hydrogen-bond acceptors (Lipinski definition) is 6. The Morgan fingerprint density at radius 3 is 1.81 bits per heavy atom. The van der Waals surface area contributed by atoms with Crippen molar-refractivity contribution in [2.24, 2.45) is 0 Å². The van der Waals surface area contributed by atoms with Gasteiger partial charge in [0.05, 0.1) is 20.0 Å². The molecule has 0 spiro atoms. The predicted octanol–water partition coefficient (Wildman–Crippen LogP) is 4.53. The van der Waals surface area contributed by atoms with E-state index in [-0.39, 0.29) is 0 Å². The minimum Gasteiger partial charge on any atom is -0.437 e. The van der Waals surface area contributed by atoms with E-state index in [9.17, 15) is 16.8 Å². The number of sulfonamides is 2. The third-order valence-corrected chi connectivity index (χ3v) is 6.45. The lowest BCUT2D eigenvalue weighted by Gasteiger charge is -2.11. The fourth-order valence-corrected chi connectivity index (χ4v) is 4.92. The van der Waals surface area contributed by atoms with Gasteiger partial charge in [0.1, 0.15) is 0 Å². The van der Waals surface area contributed by atoms with Gasteiger partial charge in [-0.15, -0.1) is 0 Å². The topological polar surface area (TPSA) is 111 Å².